The normalized spacial score (nSPS) is 20.3. The molecule has 0 aliphatic carbocycles. The van der Waals surface area contributed by atoms with Crippen LogP contribution in [0.1, 0.15) is 20.8 Å². The molecule has 0 spiro atoms. The van der Waals surface area contributed by atoms with Crippen LogP contribution >= 0.6 is 0 Å². The predicted molar refractivity (Wildman–Crippen MR) is 59.7 cm³/mol. The molecule has 0 aromatic carbocycles. The van der Waals surface area contributed by atoms with Gasteiger partial charge in [-0.2, -0.15) is 0 Å². The maximum Gasteiger partial charge on any atom is 0.222 e. The van der Waals surface area contributed by atoms with E-state index in [0.29, 0.717) is 0 Å². The lowest BCUT2D eigenvalue weighted by Gasteiger charge is -2.29. The molecule has 1 aliphatic heterocycles. The van der Waals surface area contributed by atoms with Crippen molar-refractivity contribution in [1.82, 2.24) is 10.2 Å². The standard InChI is InChI=1S/C11H22N2O2/c1-9(2)11(14)12-10(3)8-13-4-6-15-7-5-13/h9-10H,4-8H2,1-3H3,(H,12,14)/t10-/m0/s1. The van der Waals surface area contributed by atoms with E-state index in [1.54, 1.807) is 0 Å². The third-order valence-electron chi connectivity index (χ3n) is 2.55. The quantitative estimate of drug-likeness (QED) is 0.740. The second-order valence-corrected chi connectivity index (χ2v) is 4.48. The molecule has 1 atom stereocenters. The fourth-order valence-electron chi connectivity index (χ4n) is 1.63. The lowest BCUT2D eigenvalue weighted by atomic mass is 10.2. The van der Waals surface area contributed by atoms with Gasteiger partial charge in [0.05, 0.1) is 13.2 Å². The second-order valence-electron chi connectivity index (χ2n) is 4.48. The fourth-order valence-corrected chi connectivity index (χ4v) is 1.63. The Kier molecular flexibility index (Phi) is 5.05. The van der Waals surface area contributed by atoms with Crippen LogP contribution < -0.4 is 5.32 Å². The summed E-state index contributed by atoms with van der Waals surface area (Å²) in [4.78, 5) is 13.8. The van der Waals surface area contributed by atoms with Crippen molar-refractivity contribution in [2.24, 2.45) is 5.92 Å². The summed E-state index contributed by atoms with van der Waals surface area (Å²) in [6.07, 6.45) is 0. The van der Waals surface area contributed by atoms with Crippen LogP contribution in [0.25, 0.3) is 0 Å². The van der Waals surface area contributed by atoms with Crippen molar-refractivity contribution in [3.05, 3.63) is 0 Å². The molecule has 0 aromatic heterocycles. The van der Waals surface area contributed by atoms with Crippen molar-refractivity contribution in [3.63, 3.8) is 0 Å². The highest BCUT2D eigenvalue weighted by atomic mass is 16.5. The summed E-state index contributed by atoms with van der Waals surface area (Å²) in [5.41, 5.74) is 0. The smallest absolute Gasteiger partial charge is 0.222 e. The molecule has 0 radical (unpaired) electrons. The minimum atomic E-state index is 0.0668. The number of nitrogens with one attached hydrogen (secondary N) is 1. The summed E-state index contributed by atoms with van der Waals surface area (Å²) >= 11 is 0. The van der Waals surface area contributed by atoms with Gasteiger partial charge in [-0.25, -0.2) is 0 Å². The zero-order valence-electron chi connectivity index (χ0n) is 9.95. The highest BCUT2D eigenvalue weighted by Gasteiger charge is 2.16. The van der Waals surface area contributed by atoms with E-state index in [9.17, 15) is 4.79 Å². The Morgan fingerprint density at radius 1 is 1.33 bits per heavy atom. The summed E-state index contributed by atoms with van der Waals surface area (Å²) in [7, 11) is 0. The lowest BCUT2D eigenvalue weighted by Crippen LogP contribution is -2.46. The largest absolute Gasteiger partial charge is 0.379 e. The van der Waals surface area contributed by atoms with Crippen LogP contribution in [0.4, 0.5) is 0 Å². The summed E-state index contributed by atoms with van der Waals surface area (Å²) in [5, 5.41) is 3.01. The van der Waals surface area contributed by atoms with Crippen molar-refractivity contribution < 1.29 is 9.53 Å². The zero-order valence-corrected chi connectivity index (χ0v) is 9.95. The molecule has 1 saturated heterocycles. The van der Waals surface area contributed by atoms with Gasteiger partial charge in [-0.05, 0) is 6.92 Å². The third kappa shape index (κ3) is 4.62. The molecule has 1 amide bonds. The summed E-state index contributed by atoms with van der Waals surface area (Å²) in [6.45, 7) is 10.4. The van der Waals surface area contributed by atoms with Gasteiger partial charge < -0.3 is 10.1 Å². The van der Waals surface area contributed by atoms with E-state index in [1.165, 1.54) is 0 Å². The molecule has 0 aromatic rings. The molecule has 0 saturated carbocycles. The first-order valence-electron chi connectivity index (χ1n) is 5.70. The average Bonchev–Trinajstić information content (AvgIpc) is 2.18. The monoisotopic (exact) mass is 214 g/mol. The van der Waals surface area contributed by atoms with Crippen molar-refractivity contribution in [1.29, 1.82) is 0 Å². The number of rotatable bonds is 4. The Morgan fingerprint density at radius 3 is 2.47 bits per heavy atom. The molecule has 1 rings (SSSR count). The van der Waals surface area contributed by atoms with E-state index in [0.717, 1.165) is 32.8 Å². The molecule has 15 heavy (non-hydrogen) atoms. The highest BCUT2D eigenvalue weighted by Crippen LogP contribution is 1.99. The van der Waals surface area contributed by atoms with Crippen LogP contribution in [0.5, 0.6) is 0 Å². The summed E-state index contributed by atoms with van der Waals surface area (Å²) < 4.78 is 5.27. The van der Waals surface area contributed by atoms with Crippen LogP contribution in [-0.4, -0.2) is 49.7 Å². The molecule has 4 nitrogen and oxygen atoms in total. The summed E-state index contributed by atoms with van der Waals surface area (Å²) in [6, 6.07) is 0.220. The topological polar surface area (TPSA) is 41.6 Å². The highest BCUT2D eigenvalue weighted by molar-refractivity contribution is 5.78. The van der Waals surface area contributed by atoms with Gasteiger partial charge in [0.25, 0.3) is 0 Å². The maximum absolute atomic E-state index is 11.4. The van der Waals surface area contributed by atoms with Crippen LogP contribution in [0, 0.1) is 5.92 Å². The molecule has 1 aliphatic rings. The fraction of sp³-hybridized carbons (Fsp3) is 0.909. The zero-order chi connectivity index (χ0) is 11.3. The number of carbonyl (C=O) groups is 1. The number of morpholine rings is 1. The Bertz CT molecular complexity index is 201. The Labute approximate surface area is 92.0 Å². The van der Waals surface area contributed by atoms with E-state index >= 15 is 0 Å². The summed E-state index contributed by atoms with van der Waals surface area (Å²) in [5.74, 6) is 0.202. The number of amides is 1. The first-order chi connectivity index (χ1) is 7.09. The van der Waals surface area contributed by atoms with Crippen LogP contribution in [-0.2, 0) is 9.53 Å². The molecular weight excluding hydrogens is 192 g/mol. The van der Waals surface area contributed by atoms with Gasteiger partial charge in [0.1, 0.15) is 0 Å². The molecule has 4 heteroatoms. The number of carbonyl (C=O) groups excluding carboxylic acids is 1. The van der Waals surface area contributed by atoms with Gasteiger partial charge in [0, 0.05) is 31.6 Å². The number of hydrogen-bond acceptors (Lipinski definition) is 3. The first-order valence-corrected chi connectivity index (χ1v) is 5.70. The van der Waals surface area contributed by atoms with Crippen LogP contribution in [0.3, 0.4) is 0 Å². The van der Waals surface area contributed by atoms with Crippen molar-refractivity contribution >= 4 is 5.91 Å². The van der Waals surface area contributed by atoms with Gasteiger partial charge in [0.15, 0.2) is 0 Å². The van der Waals surface area contributed by atoms with E-state index in [1.807, 2.05) is 13.8 Å². The van der Waals surface area contributed by atoms with Crippen LogP contribution in [0.15, 0.2) is 0 Å². The molecule has 1 fully saturated rings. The van der Waals surface area contributed by atoms with Gasteiger partial charge in [-0.3, -0.25) is 9.69 Å². The average molecular weight is 214 g/mol. The van der Waals surface area contributed by atoms with E-state index in [-0.39, 0.29) is 17.9 Å². The molecular formula is C11H22N2O2. The number of nitrogens with zero attached hydrogens (tertiary/aromatic N) is 1. The third-order valence-corrected chi connectivity index (χ3v) is 2.55. The van der Waals surface area contributed by atoms with E-state index < -0.39 is 0 Å². The van der Waals surface area contributed by atoms with Gasteiger partial charge >= 0.3 is 0 Å². The second kappa shape index (κ2) is 6.08. The SMILES string of the molecule is CC(C)C(=O)N[C@@H](C)CN1CCOCC1. The lowest BCUT2D eigenvalue weighted by molar-refractivity contribution is -0.124. The maximum atomic E-state index is 11.4. The first kappa shape index (κ1) is 12.5. The Hall–Kier alpha value is -0.610. The van der Waals surface area contributed by atoms with Gasteiger partial charge in [0.2, 0.25) is 5.91 Å². The minimum Gasteiger partial charge on any atom is -0.379 e. The molecule has 0 bridgehead atoms. The predicted octanol–water partition coefficient (Wildman–Crippen LogP) is 0.479. The minimum absolute atomic E-state index is 0.0668. The van der Waals surface area contributed by atoms with E-state index in [4.69, 9.17) is 4.74 Å². The molecule has 1 N–H and O–H groups in total. The van der Waals surface area contributed by atoms with Crippen molar-refractivity contribution in [2.45, 2.75) is 26.8 Å². The number of hydrogen-bond donors (Lipinski definition) is 1. The van der Waals surface area contributed by atoms with Crippen LogP contribution in [0.2, 0.25) is 0 Å². The number of ether oxygens (including phenoxy) is 1. The van der Waals surface area contributed by atoms with Crippen molar-refractivity contribution in [3.8, 4) is 0 Å². The molecule has 0 unspecified atom stereocenters. The van der Waals surface area contributed by atoms with Gasteiger partial charge in [-0.1, -0.05) is 13.8 Å². The van der Waals surface area contributed by atoms with Gasteiger partial charge in [-0.15, -0.1) is 0 Å². The Morgan fingerprint density at radius 2 is 1.93 bits per heavy atom. The molecule has 88 valence electrons. The molecule has 1 heterocycles. The van der Waals surface area contributed by atoms with E-state index in [2.05, 4.69) is 17.1 Å². The van der Waals surface area contributed by atoms with Crippen molar-refractivity contribution in [2.75, 3.05) is 32.8 Å². The Balaban J connectivity index is 2.22.